The van der Waals surface area contributed by atoms with Crippen molar-refractivity contribution < 1.29 is 5.11 Å². The van der Waals surface area contributed by atoms with Gasteiger partial charge in [-0.25, -0.2) is 0 Å². The molecule has 4 aromatic rings. The molecule has 0 saturated heterocycles. The standard InChI is InChI=1S/C32H24O/c33-31(30-19-11-10-14-26(30)21-20-25-12-4-1-5-13-25)23-22-29-24-32(29,27-15-6-2-7-16-27)28-17-8-3-9-18-28/h1-19,29,31,33H,24H2. The molecule has 2 atom stereocenters. The lowest BCUT2D eigenvalue weighted by molar-refractivity contribution is 0.238. The third-order valence-corrected chi connectivity index (χ3v) is 6.30. The van der Waals surface area contributed by atoms with Gasteiger partial charge in [0.05, 0.1) is 0 Å². The molecule has 1 nitrogen and oxygen atoms in total. The van der Waals surface area contributed by atoms with E-state index in [1.54, 1.807) is 0 Å². The first-order valence-corrected chi connectivity index (χ1v) is 11.2. The minimum absolute atomic E-state index is 0.109. The molecular weight excluding hydrogens is 400 g/mol. The van der Waals surface area contributed by atoms with Gasteiger partial charge in [0.1, 0.15) is 6.10 Å². The van der Waals surface area contributed by atoms with E-state index in [-0.39, 0.29) is 11.3 Å². The van der Waals surface area contributed by atoms with Crippen molar-refractivity contribution in [1.29, 1.82) is 0 Å². The van der Waals surface area contributed by atoms with Gasteiger partial charge in [-0.05, 0) is 35.7 Å². The Hall–Kier alpha value is -4.04. The third kappa shape index (κ3) is 4.33. The Morgan fingerprint density at radius 3 is 1.85 bits per heavy atom. The highest BCUT2D eigenvalue weighted by Gasteiger charge is 2.55. The van der Waals surface area contributed by atoms with E-state index in [1.165, 1.54) is 11.1 Å². The first-order valence-electron chi connectivity index (χ1n) is 11.2. The average molecular weight is 425 g/mol. The Morgan fingerprint density at radius 1 is 0.667 bits per heavy atom. The van der Waals surface area contributed by atoms with E-state index in [4.69, 9.17) is 0 Å². The topological polar surface area (TPSA) is 20.2 Å². The number of rotatable bonds is 3. The average Bonchev–Trinajstić information content (AvgIpc) is 3.63. The normalized spacial score (nSPS) is 16.5. The molecule has 1 N–H and O–H groups in total. The van der Waals surface area contributed by atoms with Crippen molar-refractivity contribution in [3.63, 3.8) is 0 Å². The molecule has 5 rings (SSSR count). The van der Waals surface area contributed by atoms with Crippen LogP contribution in [0.1, 0.15) is 40.3 Å². The van der Waals surface area contributed by atoms with E-state index in [2.05, 4.69) is 72.2 Å². The summed E-state index contributed by atoms with van der Waals surface area (Å²) in [5, 5.41) is 10.9. The predicted molar refractivity (Wildman–Crippen MR) is 133 cm³/mol. The fourth-order valence-corrected chi connectivity index (χ4v) is 4.48. The smallest absolute Gasteiger partial charge is 0.141 e. The van der Waals surface area contributed by atoms with Crippen LogP contribution in [0, 0.1) is 29.6 Å². The van der Waals surface area contributed by atoms with Crippen LogP contribution in [0.3, 0.4) is 0 Å². The Bertz CT molecular complexity index is 1310. The lowest BCUT2D eigenvalue weighted by Crippen LogP contribution is -2.11. The van der Waals surface area contributed by atoms with Crippen molar-refractivity contribution in [3.8, 4) is 23.7 Å². The van der Waals surface area contributed by atoms with Crippen LogP contribution in [-0.2, 0) is 5.41 Å². The van der Waals surface area contributed by atoms with E-state index in [9.17, 15) is 5.11 Å². The summed E-state index contributed by atoms with van der Waals surface area (Å²) in [7, 11) is 0. The molecule has 2 unspecified atom stereocenters. The third-order valence-electron chi connectivity index (χ3n) is 6.30. The van der Waals surface area contributed by atoms with Gasteiger partial charge in [0.15, 0.2) is 0 Å². The molecule has 33 heavy (non-hydrogen) atoms. The summed E-state index contributed by atoms with van der Waals surface area (Å²) in [6.07, 6.45) is 0.0760. The van der Waals surface area contributed by atoms with Gasteiger partial charge in [-0.15, -0.1) is 0 Å². The quantitative estimate of drug-likeness (QED) is 0.392. The van der Waals surface area contributed by atoms with Gasteiger partial charge in [0.25, 0.3) is 0 Å². The van der Waals surface area contributed by atoms with Crippen LogP contribution in [0.15, 0.2) is 115 Å². The Balaban J connectivity index is 1.43. The summed E-state index contributed by atoms with van der Waals surface area (Å²) in [5.41, 5.74) is 4.94. The van der Waals surface area contributed by atoms with Gasteiger partial charge < -0.3 is 5.11 Å². The summed E-state index contributed by atoms with van der Waals surface area (Å²) in [4.78, 5) is 0. The van der Waals surface area contributed by atoms with Gasteiger partial charge in [-0.2, -0.15) is 0 Å². The van der Waals surface area contributed by atoms with Crippen molar-refractivity contribution in [3.05, 3.63) is 143 Å². The van der Waals surface area contributed by atoms with Crippen molar-refractivity contribution in [2.45, 2.75) is 17.9 Å². The largest absolute Gasteiger partial charge is 0.376 e. The summed E-state index contributed by atoms with van der Waals surface area (Å²) in [6.45, 7) is 0. The van der Waals surface area contributed by atoms with Crippen LogP contribution in [0.2, 0.25) is 0 Å². The van der Waals surface area contributed by atoms with E-state index in [1.807, 2.05) is 66.7 Å². The fraction of sp³-hybridized carbons (Fsp3) is 0.125. The summed E-state index contributed by atoms with van der Waals surface area (Å²) in [5.74, 6) is 13.1. The lowest BCUT2D eigenvalue weighted by atomic mass is 9.86. The zero-order chi connectivity index (χ0) is 22.5. The number of hydrogen-bond donors (Lipinski definition) is 1. The highest BCUT2D eigenvalue weighted by molar-refractivity contribution is 5.52. The molecule has 4 aromatic carbocycles. The van der Waals surface area contributed by atoms with Crippen LogP contribution in [0.5, 0.6) is 0 Å². The Morgan fingerprint density at radius 2 is 1.21 bits per heavy atom. The molecule has 1 fully saturated rings. The second-order valence-corrected chi connectivity index (χ2v) is 8.35. The van der Waals surface area contributed by atoms with Gasteiger partial charge in [-0.1, -0.05) is 121 Å². The molecule has 158 valence electrons. The second-order valence-electron chi connectivity index (χ2n) is 8.35. The maximum Gasteiger partial charge on any atom is 0.141 e. The molecule has 0 heterocycles. The van der Waals surface area contributed by atoms with E-state index < -0.39 is 6.10 Å². The Kier molecular flexibility index (Phi) is 5.82. The van der Waals surface area contributed by atoms with Crippen molar-refractivity contribution in [2.75, 3.05) is 0 Å². The Labute approximate surface area is 195 Å². The molecule has 1 aliphatic rings. The summed E-state index contributed by atoms with van der Waals surface area (Å²) < 4.78 is 0. The predicted octanol–water partition coefficient (Wildman–Crippen LogP) is 6.13. The van der Waals surface area contributed by atoms with Gasteiger partial charge in [0.2, 0.25) is 0 Å². The molecule has 1 saturated carbocycles. The highest BCUT2D eigenvalue weighted by Crippen LogP contribution is 2.58. The summed E-state index contributed by atoms with van der Waals surface area (Å²) >= 11 is 0. The molecule has 0 amide bonds. The number of hydrogen-bond acceptors (Lipinski definition) is 1. The molecule has 1 heteroatoms. The molecule has 0 radical (unpaired) electrons. The fourth-order valence-electron chi connectivity index (χ4n) is 4.48. The minimum Gasteiger partial charge on any atom is -0.376 e. The van der Waals surface area contributed by atoms with Crippen molar-refractivity contribution in [2.24, 2.45) is 5.92 Å². The van der Waals surface area contributed by atoms with Gasteiger partial charge in [-0.3, -0.25) is 0 Å². The SMILES string of the molecule is OC(C#CC1CC1(c1ccccc1)c1ccccc1)c1ccccc1C#Cc1ccccc1. The van der Waals surface area contributed by atoms with Crippen LogP contribution in [-0.4, -0.2) is 5.11 Å². The maximum absolute atomic E-state index is 10.9. The van der Waals surface area contributed by atoms with E-state index in [0.717, 1.165) is 23.1 Å². The maximum atomic E-state index is 10.9. The number of aliphatic hydroxyl groups excluding tert-OH is 1. The second kappa shape index (κ2) is 9.22. The first-order chi connectivity index (χ1) is 16.3. The number of aliphatic hydroxyl groups is 1. The molecule has 0 aliphatic heterocycles. The van der Waals surface area contributed by atoms with Gasteiger partial charge >= 0.3 is 0 Å². The van der Waals surface area contributed by atoms with Crippen LogP contribution in [0.4, 0.5) is 0 Å². The summed E-state index contributed by atoms with van der Waals surface area (Å²) in [6, 6.07) is 38.7. The van der Waals surface area contributed by atoms with Crippen molar-refractivity contribution in [1.82, 2.24) is 0 Å². The van der Waals surface area contributed by atoms with Crippen LogP contribution >= 0.6 is 0 Å². The van der Waals surface area contributed by atoms with Crippen molar-refractivity contribution >= 4 is 0 Å². The van der Waals surface area contributed by atoms with Crippen LogP contribution in [0.25, 0.3) is 0 Å². The molecule has 0 bridgehead atoms. The van der Waals surface area contributed by atoms with E-state index >= 15 is 0 Å². The van der Waals surface area contributed by atoms with E-state index in [0.29, 0.717) is 0 Å². The monoisotopic (exact) mass is 424 g/mol. The highest BCUT2D eigenvalue weighted by atomic mass is 16.3. The number of benzene rings is 4. The molecular formula is C32H24O. The zero-order valence-electron chi connectivity index (χ0n) is 18.3. The van der Waals surface area contributed by atoms with Crippen LogP contribution < -0.4 is 0 Å². The lowest BCUT2D eigenvalue weighted by Gasteiger charge is -2.17. The molecule has 0 aromatic heterocycles. The minimum atomic E-state index is -0.879. The first kappa shape index (κ1) is 20.8. The zero-order valence-corrected chi connectivity index (χ0v) is 18.3. The molecule has 0 spiro atoms. The molecule has 1 aliphatic carbocycles. The van der Waals surface area contributed by atoms with Gasteiger partial charge in [0, 0.05) is 28.0 Å².